The lowest BCUT2D eigenvalue weighted by Gasteiger charge is -2.17. The van der Waals surface area contributed by atoms with Gasteiger partial charge in [-0.15, -0.1) is 0 Å². The first-order chi connectivity index (χ1) is 8.81. The molecule has 1 aliphatic rings. The predicted molar refractivity (Wildman–Crippen MR) is 75.9 cm³/mol. The molecule has 100 valence electrons. The molecule has 1 aromatic rings. The first-order valence-electron chi connectivity index (χ1n) is 7.15. The highest BCUT2D eigenvalue weighted by molar-refractivity contribution is 5.40. The Hall–Kier alpha value is -1.32. The number of anilines is 2. The van der Waals surface area contributed by atoms with Gasteiger partial charge in [0.1, 0.15) is 5.82 Å². The van der Waals surface area contributed by atoms with Crippen molar-refractivity contribution >= 4 is 11.8 Å². The highest BCUT2D eigenvalue weighted by Gasteiger charge is 2.24. The van der Waals surface area contributed by atoms with E-state index in [9.17, 15) is 0 Å². The van der Waals surface area contributed by atoms with Gasteiger partial charge >= 0.3 is 0 Å². The summed E-state index contributed by atoms with van der Waals surface area (Å²) >= 11 is 0. The minimum Gasteiger partial charge on any atom is -0.367 e. The number of nitrogens with zero attached hydrogens (tertiary/aromatic N) is 2. The fraction of sp³-hybridized carbons (Fsp3) is 0.714. The van der Waals surface area contributed by atoms with E-state index in [2.05, 4.69) is 34.4 Å². The molecule has 1 unspecified atom stereocenters. The second-order valence-corrected chi connectivity index (χ2v) is 5.12. The summed E-state index contributed by atoms with van der Waals surface area (Å²) in [7, 11) is 0. The Labute approximate surface area is 110 Å². The van der Waals surface area contributed by atoms with Crippen molar-refractivity contribution in [1.82, 2.24) is 9.97 Å². The maximum Gasteiger partial charge on any atom is 0.224 e. The standard InChI is InChI=1S/C14H24N4/c1-3-8-15-14-16-9-7-13(18-14)17-12(4-2)10-11-5-6-11/h7,9,11-12H,3-6,8,10H2,1-2H3,(H2,15,16,17,18). The van der Waals surface area contributed by atoms with E-state index in [0.29, 0.717) is 6.04 Å². The zero-order valence-electron chi connectivity index (χ0n) is 11.4. The molecule has 0 aromatic carbocycles. The van der Waals surface area contributed by atoms with Crippen LogP contribution in [0.3, 0.4) is 0 Å². The largest absolute Gasteiger partial charge is 0.367 e. The lowest BCUT2D eigenvalue weighted by Crippen LogP contribution is -2.20. The molecule has 0 amide bonds. The van der Waals surface area contributed by atoms with Gasteiger partial charge < -0.3 is 10.6 Å². The Bertz CT molecular complexity index is 363. The van der Waals surface area contributed by atoms with Gasteiger partial charge in [-0.3, -0.25) is 0 Å². The Morgan fingerprint density at radius 2 is 2.22 bits per heavy atom. The van der Waals surface area contributed by atoms with Crippen molar-refractivity contribution in [2.45, 2.75) is 52.0 Å². The van der Waals surface area contributed by atoms with Crippen LogP contribution in [0.5, 0.6) is 0 Å². The zero-order valence-corrected chi connectivity index (χ0v) is 11.4. The van der Waals surface area contributed by atoms with Crippen molar-refractivity contribution in [3.05, 3.63) is 12.3 Å². The van der Waals surface area contributed by atoms with E-state index in [1.54, 1.807) is 0 Å². The van der Waals surface area contributed by atoms with Crippen LogP contribution < -0.4 is 10.6 Å². The molecule has 4 heteroatoms. The maximum atomic E-state index is 4.49. The molecule has 1 aromatic heterocycles. The molecule has 0 saturated heterocycles. The summed E-state index contributed by atoms with van der Waals surface area (Å²) in [6.07, 6.45) is 8.14. The Morgan fingerprint density at radius 1 is 1.39 bits per heavy atom. The van der Waals surface area contributed by atoms with Crippen molar-refractivity contribution < 1.29 is 0 Å². The number of hydrogen-bond acceptors (Lipinski definition) is 4. The predicted octanol–water partition coefficient (Wildman–Crippen LogP) is 3.29. The second-order valence-electron chi connectivity index (χ2n) is 5.12. The molecular formula is C14H24N4. The van der Waals surface area contributed by atoms with Gasteiger partial charge in [0, 0.05) is 18.8 Å². The van der Waals surface area contributed by atoms with Crippen molar-refractivity contribution in [2.24, 2.45) is 5.92 Å². The quantitative estimate of drug-likeness (QED) is 0.741. The third kappa shape index (κ3) is 4.17. The molecule has 1 atom stereocenters. The molecule has 4 nitrogen and oxygen atoms in total. The molecule has 0 radical (unpaired) electrons. The van der Waals surface area contributed by atoms with Crippen LogP contribution in [0.15, 0.2) is 12.3 Å². The highest BCUT2D eigenvalue weighted by Crippen LogP contribution is 2.34. The lowest BCUT2D eigenvalue weighted by atomic mass is 10.1. The van der Waals surface area contributed by atoms with Crippen LogP contribution in [0.25, 0.3) is 0 Å². The fourth-order valence-corrected chi connectivity index (χ4v) is 2.05. The topological polar surface area (TPSA) is 49.8 Å². The minimum absolute atomic E-state index is 0.548. The summed E-state index contributed by atoms with van der Waals surface area (Å²) in [5.41, 5.74) is 0. The molecule has 0 spiro atoms. The molecule has 2 rings (SSSR count). The van der Waals surface area contributed by atoms with E-state index in [-0.39, 0.29) is 0 Å². The molecule has 0 bridgehead atoms. The molecular weight excluding hydrogens is 224 g/mol. The van der Waals surface area contributed by atoms with E-state index < -0.39 is 0 Å². The summed E-state index contributed by atoms with van der Waals surface area (Å²) in [6.45, 7) is 5.29. The number of aromatic nitrogens is 2. The van der Waals surface area contributed by atoms with Gasteiger partial charge in [0.25, 0.3) is 0 Å². The summed E-state index contributed by atoms with van der Waals surface area (Å²) in [5, 5.41) is 6.74. The van der Waals surface area contributed by atoms with Crippen LogP contribution in [0.2, 0.25) is 0 Å². The maximum absolute atomic E-state index is 4.49. The third-order valence-corrected chi connectivity index (χ3v) is 3.35. The van der Waals surface area contributed by atoms with Crippen molar-refractivity contribution in [3.63, 3.8) is 0 Å². The van der Waals surface area contributed by atoms with Crippen molar-refractivity contribution in [2.75, 3.05) is 17.2 Å². The van der Waals surface area contributed by atoms with Crippen LogP contribution in [0, 0.1) is 5.92 Å². The van der Waals surface area contributed by atoms with E-state index in [4.69, 9.17) is 0 Å². The van der Waals surface area contributed by atoms with E-state index in [1.165, 1.54) is 19.3 Å². The van der Waals surface area contributed by atoms with Crippen molar-refractivity contribution in [1.29, 1.82) is 0 Å². The zero-order chi connectivity index (χ0) is 12.8. The van der Waals surface area contributed by atoms with Crippen LogP contribution >= 0.6 is 0 Å². The van der Waals surface area contributed by atoms with Gasteiger partial charge in [-0.1, -0.05) is 26.7 Å². The Morgan fingerprint density at radius 3 is 2.89 bits per heavy atom. The van der Waals surface area contributed by atoms with Crippen LogP contribution in [0.1, 0.15) is 46.0 Å². The monoisotopic (exact) mass is 248 g/mol. The van der Waals surface area contributed by atoms with E-state index in [1.807, 2.05) is 12.3 Å². The van der Waals surface area contributed by atoms with E-state index in [0.717, 1.165) is 37.1 Å². The number of hydrogen-bond donors (Lipinski definition) is 2. The van der Waals surface area contributed by atoms with Crippen LogP contribution in [-0.4, -0.2) is 22.6 Å². The molecule has 18 heavy (non-hydrogen) atoms. The average molecular weight is 248 g/mol. The fourth-order valence-electron chi connectivity index (χ4n) is 2.05. The van der Waals surface area contributed by atoms with Gasteiger partial charge in [0.15, 0.2) is 0 Å². The van der Waals surface area contributed by atoms with Gasteiger partial charge in [0.05, 0.1) is 0 Å². The first-order valence-corrected chi connectivity index (χ1v) is 7.15. The van der Waals surface area contributed by atoms with Crippen molar-refractivity contribution in [3.8, 4) is 0 Å². The SMILES string of the molecule is CCCNc1nccc(NC(CC)CC2CC2)n1. The Balaban J connectivity index is 1.89. The molecule has 1 heterocycles. The summed E-state index contributed by atoms with van der Waals surface area (Å²) in [6, 6.07) is 2.50. The molecule has 1 fully saturated rings. The Kier molecular flexibility index (Phi) is 4.79. The molecule has 1 aliphatic carbocycles. The smallest absolute Gasteiger partial charge is 0.224 e. The van der Waals surface area contributed by atoms with Gasteiger partial charge in [-0.25, -0.2) is 4.98 Å². The van der Waals surface area contributed by atoms with Gasteiger partial charge in [0.2, 0.25) is 5.95 Å². The van der Waals surface area contributed by atoms with Gasteiger partial charge in [-0.2, -0.15) is 4.98 Å². The normalized spacial score (nSPS) is 16.3. The van der Waals surface area contributed by atoms with Gasteiger partial charge in [-0.05, 0) is 31.2 Å². The molecule has 1 saturated carbocycles. The number of rotatable bonds is 8. The molecule has 0 aliphatic heterocycles. The van der Waals surface area contributed by atoms with Crippen LogP contribution in [-0.2, 0) is 0 Å². The summed E-state index contributed by atoms with van der Waals surface area (Å²) in [5.74, 6) is 2.61. The first kappa shape index (κ1) is 13.1. The number of nitrogens with one attached hydrogen (secondary N) is 2. The summed E-state index contributed by atoms with van der Waals surface area (Å²) < 4.78 is 0. The van der Waals surface area contributed by atoms with E-state index >= 15 is 0 Å². The minimum atomic E-state index is 0.548. The third-order valence-electron chi connectivity index (χ3n) is 3.35. The molecule has 2 N–H and O–H groups in total. The van der Waals surface area contributed by atoms with Crippen LogP contribution in [0.4, 0.5) is 11.8 Å². The summed E-state index contributed by atoms with van der Waals surface area (Å²) in [4.78, 5) is 8.71. The average Bonchev–Trinajstić information content (AvgIpc) is 3.20. The highest BCUT2D eigenvalue weighted by atomic mass is 15.1. The second kappa shape index (κ2) is 6.57. The lowest BCUT2D eigenvalue weighted by molar-refractivity contribution is 0.585.